The number of aromatic nitrogens is 4. The van der Waals surface area contributed by atoms with E-state index >= 15 is 0 Å². The average molecular weight is 337 g/mol. The molecule has 1 aliphatic rings. The molecule has 3 aromatic rings. The monoisotopic (exact) mass is 337 g/mol. The van der Waals surface area contributed by atoms with E-state index < -0.39 is 0 Å². The topological polar surface area (TPSA) is 87.9 Å². The summed E-state index contributed by atoms with van der Waals surface area (Å²) < 4.78 is 5.42. The van der Waals surface area contributed by atoms with Crippen molar-refractivity contribution >= 4 is 5.91 Å². The van der Waals surface area contributed by atoms with Crippen LogP contribution < -0.4 is 0 Å². The zero-order valence-electron chi connectivity index (χ0n) is 14.1. The Kier molecular flexibility index (Phi) is 3.83. The number of aryl methyl sites for hydroxylation is 2. The maximum atomic E-state index is 12.8. The Hall–Kier alpha value is -2.96. The Morgan fingerprint density at radius 3 is 2.60 bits per heavy atom. The quantitative estimate of drug-likeness (QED) is 0.793. The maximum absolute atomic E-state index is 12.8. The second kappa shape index (κ2) is 6.16. The number of aromatic amines is 1. The van der Waals surface area contributed by atoms with Crippen molar-refractivity contribution in [3.8, 4) is 0 Å². The molecule has 7 heteroatoms. The summed E-state index contributed by atoms with van der Waals surface area (Å²) in [7, 11) is 0. The highest BCUT2D eigenvalue weighted by molar-refractivity contribution is 5.92. The van der Waals surface area contributed by atoms with Gasteiger partial charge < -0.3 is 9.42 Å². The summed E-state index contributed by atoms with van der Waals surface area (Å²) in [5.41, 5.74) is 2.47. The van der Waals surface area contributed by atoms with Gasteiger partial charge in [-0.1, -0.05) is 35.5 Å². The first-order valence-electron chi connectivity index (χ1n) is 8.28. The molecule has 25 heavy (non-hydrogen) atoms. The summed E-state index contributed by atoms with van der Waals surface area (Å²) in [4.78, 5) is 19.0. The number of H-pyrrole nitrogens is 1. The Balaban J connectivity index is 1.65. The molecule has 2 atom stereocenters. The Labute approximate surface area is 145 Å². The van der Waals surface area contributed by atoms with Crippen LogP contribution in [0.25, 0.3) is 0 Å². The first-order chi connectivity index (χ1) is 12.1. The highest BCUT2D eigenvalue weighted by Gasteiger charge is 2.40. The summed E-state index contributed by atoms with van der Waals surface area (Å²) >= 11 is 0. The first-order valence-corrected chi connectivity index (χ1v) is 8.28. The van der Waals surface area contributed by atoms with E-state index in [1.165, 1.54) is 0 Å². The molecule has 7 nitrogen and oxygen atoms in total. The number of hydrogen-bond donors (Lipinski definition) is 1. The maximum Gasteiger partial charge on any atom is 0.274 e. The van der Waals surface area contributed by atoms with Crippen LogP contribution in [0.5, 0.6) is 0 Å². The third-order valence-electron chi connectivity index (χ3n) is 4.62. The van der Waals surface area contributed by atoms with Crippen LogP contribution in [0.3, 0.4) is 0 Å². The minimum absolute atomic E-state index is 0.0208. The lowest BCUT2D eigenvalue weighted by Crippen LogP contribution is -2.29. The third-order valence-corrected chi connectivity index (χ3v) is 4.62. The van der Waals surface area contributed by atoms with E-state index in [1.54, 1.807) is 13.0 Å². The van der Waals surface area contributed by atoms with E-state index in [2.05, 4.69) is 32.5 Å². The molecule has 0 spiro atoms. The molecule has 1 fully saturated rings. The van der Waals surface area contributed by atoms with E-state index in [9.17, 15) is 4.79 Å². The molecule has 4 rings (SSSR count). The third kappa shape index (κ3) is 2.93. The number of nitrogens with one attached hydrogen (secondary N) is 1. The Morgan fingerprint density at radius 2 is 1.96 bits per heavy atom. The van der Waals surface area contributed by atoms with Crippen LogP contribution in [0.2, 0.25) is 0 Å². The predicted octanol–water partition coefficient (Wildman–Crippen LogP) is 2.43. The van der Waals surface area contributed by atoms with Crippen LogP contribution in [-0.2, 0) is 0 Å². The lowest BCUT2D eigenvalue weighted by Gasteiger charge is -2.15. The summed E-state index contributed by atoms with van der Waals surface area (Å²) in [6.07, 6.45) is 0. The van der Waals surface area contributed by atoms with Crippen LogP contribution in [-0.4, -0.2) is 44.2 Å². The smallest absolute Gasteiger partial charge is 0.274 e. The molecule has 1 aliphatic heterocycles. The Bertz CT molecular complexity index is 886. The molecular weight excluding hydrogens is 318 g/mol. The van der Waals surface area contributed by atoms with Crippen molar-refractivity contribution in [2.45, 2.75) is 25.7 Å². The van der Waals surface area contributed by atoms with Gasteiger partial charge in [0.1, 0.15) is 5.69 Å². The Morgan fingerprint density at radius 1 is 1.20 bits per heavy atom. The van der Waals surface area contributed by atoms with Crippen LogP contribution in [0.1, 0.15) is 45.3 Å². The van der Waals surface area contributed by atoms with Crippen molar-refractivity contribution in [3.63, 3.8) is 0 Å². The molecule has 0 bridgehead atoms. The molecule has 0 saturated carbocycles. The van der Waals surface area contributed by atoms with E-state index in [4.69, 9.17) is 4.52 Å². The summed E-state index contributed by atoms with van der Waals surface area (Å²) in [6.45, 7) is 4.81. The molecule has 128 valence electrons. The average Bonchev–Trinajstić information content (AvgIpc) is 3.34. The number of rotatable bonds is 3. The molecule has 0 radical (unpaired) electrons. The molecule has 1 amide bonds. The van der Waals surface area contributed by atoms with Gasteiger partial charge >= 0.3 is 0 Å². The zero-order chi connectivity index (χ0) is 17.4. The van der Waals surface area contributed by atoms with E-state index in [0.717, 1.165) is 11.3 Å². The van der Waals surface area contributed by atoms with Gasteiger partial charge in [-0.05, 0) is 25.5 Å². The lowest BCUT2D eigenvalue weighted by molar-refractivity contribution is 0.0782. The standard InChI is InChI=1S/C18H19N5O2/c1-11-8-16(21-20-11)18(24)23-9-14(13-6-4-3-5-7-13)15(10-23)17-19-12(2)22-25-17/h3-8,14-15H,9-10H2,1-2H3,(H,20,21). The number of carbonyl (C=O) groups excluding carboxylic acids is 1. The number of amides is 1. The molecule has 3 heterocycles. The summed E-state index contributed by atoms with van der Waals surface area (Å²) in [6, 6.07) is 11.9. The van der Waals surface area contributed by atoms with Crippen molar-refractivity contribution in [2.24, 2.45) is 0 Å². The highest BCUT2D eigenvalue weighted by atomic mass is 16.5. The van der Waals surface area contributed by atoms with Crippen LogP contribution in [0, 0.1) is 13.8 Å². The fourth-order valence-electron chi connectivity index (χ4n) is 3.41. The van der Waals surface area contributed by atoms with Gasteiger partial charge in [-0.15, -0.1) is 0 Å². The van der Waals surface area contributed by atoms with Crippen molar-refractivity contribution in [2.75, 3.05) is 13.1 Å². The van der Waals surface area contributed by atoms with Crippen LogP contribution in [0.15, 0.2) is 40.9 Å². The number of nitrogens with zero attached hydrogens (tertiary/aromatic N) is 4. The van der Waals surface area contributed by atoms with Gasteiger partial charge in [-0.3, -0.25) is 9.89 Å². The van der Waals surface area contributed by atoms with Gasteiger partial charge in [0, 0.05) is 24.7 Å². The first kappa shape index (κ1) is 15.6. The second-order valence-corrected chi connectivity index (χ2v) is 6.45. The number of likely N-dealkylation sites (tertiary alicyclic amines) is 1. The van der Waals surface area contributed by atoms with Crippen LogP contribution >= 0.6 is 0 Å². The molecule has 1 saturated heterocycles. The van der Waals surface area contributed by atoms with Gasteiger partial charge in [-0.2, -0.15) is 10.1 Å². The zero-order valence-corrected chi connectivity index (χ0v) is 14.1. The molecule has 1 N–H and O–H groups in total. The number of hydrogen-bond acceptors (Lipinski definition) is 5. The fraction of sp³-hybridized carbons (Fsp3) is 0.333. The van der Waals surface area contributed by atoms with E-state index in [0.29, 0.717) is 30.5 Å². The molecule has 1 aromatic carbocycles. The van der Waals surface area contributed by atoms with Gasteiger partial charge in [0.2, 0.25) is 5.89 Å². The van der Waals surface area contributed by atoms with Gasteiger partial charge in [0.25, 0.3) is 5.91 Å². The molecule has 2 aromatic heterocycles. The predicted molar refractivity (Wildman–Crippen MR) is 90.2 cm³/mol. The van der Waals surface area contributed by atoms with Crippen molar-refractivity contribution in [1.82, 2.24) is 25.2 Å². The van der Waals surface area contributed by atoms with Gasteiger partial charge in [0.15, 0.2) is 5.82 Å². The fourth-order valence-corrected chi connectivity index (χ4v) is 3.41. The van der Waals surface area contributed by atoms with Crippen molar-refractivity contribution < 1.29 is 9.32 Å². The van der Waals surface area contributed by atoms with E-state index in [-0.39, 0.29) is 17.7 Å². The minimum Gasteiger partial charge on any atom is -0.339 e. The molecule has 2 unspecified atom stereocenters. The largest absolute Gasteiger partial charge is 0.339 e. The molecular formula is C18H19N5O2. The number of carbonyl (C=O) groups is 1. The van der Waals surface area contributed by atoms with Crippen molar-refractivity contribution in [3.05, 3.63) is 65.1 Å². The minimum atomic E-state index is -0.0796. The summed E-state index contributed by atoms with van der Waals surface area (Å²) in [5, 5.41) is 10.8. The highest BCUT2D eigenvalue weighted by Crippen LogP contribution is 2.39. The summed E-state index contributed by atoms with van der Waals surface area (Å²) in [5.74, 6) is 1.20. The van der Waals surface area contributed by atoms with Crippen LogP contribution in [0.4, 0.5) is 0 Å². The van der Waals surface area contributed by atoms with Crippen molar-refractivity contribution in [1.29, 1.82) is 0 Å². The normalized spacial score (nSPS) is 20.2. The molecule has 0 aliphatic carbocycles. The van der Waals surface area contributed by atoms with Gasteiger partial charge in [0.05, 0.1) is 5.92 Å². The van der Waals surface area contributed by atoms with Gasteiger partial charge in [-0.25, -0.2) is 0 Å². The second-order valence-electron chi connectivity index (χ2n) is 6.45. The lowest BCUT2D eigenvalue weighted by atomic mass is 9.89. The SMILES string of the molecule is Cc1noc(C2CN(C(=O)c3cc(C)[nH]n3)CC2c2ccccc2)n1. The van der Waals surface area contributed by atoms with E-state index in [1.807, 2.05) is 30.0 Å². The number of benzene rings is 1.